The number of nitrogens with zero attached hydrogens (tertiary/aromatic N) is 3. The molecule has 0 aliphatic carbocycles. The Morgan fingerprint density at radius 3 is 3.00 bits per heavy atom. The quantitative estimate of drug-likeness (QED) is 0.731. The average molecular weight is 218 g/mol. The molecular weight excluding hydrogens is 207 g/mol. The van der Waals surface area contributed by atoms with Crippen LogP contribution in [0.5, 0.6) is 0 Å². The fraction of sp³-hybridized carbons (Fsp3) is 0.273. The number of hydrogen-bond acceptors (Lipinski definition) is 3. The van der Waals surface area contributed by atoms with Crippen molar-refractivity contribution >= 4 is 0 Å². The highest BCUT2D eigenvalue weighted by Gasteiger charge is 2.14. The Morgan fingerprint density at radius 1 is 1.25 bits per heavy atom. The molecule has 2 aromatic rings. The van der Waals surface area contributed by atoms with Crippen LogP contribution in [0.1, 0.15) is 5.82 Å². The molecule has 0 saturated heterocycles. The van der Waals surface area contributed by atoms with E-state index >= 15 is 0 Å². The van der Waals surface area contributed by atoms with E-state index in [0.717, 1.165) is 36.7 Å². The van der Waals surface area contributed by atoms with Crippen LogP contribution in [0, 0.1) is 5.95 Å². The van der Waals surface area contributed by atoms with Gasteiger partial charge in [-0.3, -0.25) is 0 Å². The number of imidazole rings is 1. The van der Waals surface area contributed by atoms with Crippen LogP contribution in [0.25, 0.3) is 11.3 Å². The van der Waals surface area contributed by atoms with E-state index in [0.29, 0.717) is 0 Å². The van der Waals surface area contributed by atoms with Gasteiger partial charge in [0.25, 0.3) is 0 Å². The van der Waals surface area contributed by atoms with Crippen molar-refractivity contribution in [1.29, 1.82) is 0 Å². The third kappa shape index (κ3) is 1.49. The fourth-order valence-electron chi connectivity index (χ4n) is 1.95. The largest absolute Gasteiger partial charge is 0.326 e. The lowest BCUT2D eigenvalue weighted by Crippen LogP contribution is -2.28. The van der Waals surface area contributed by atoms with Crippen molar-refractivity contribution in [2.75, 3.05) is 6.54 Å². The maximum atomic E-state index is 12.7. The van der Waals surface area contributed by atoms with Crippen LogP contribution in [0.3, 0.4) is 0 Å². The zero-order chi connectivity index (χ0) is 11.0. The van der Waals surface area contributed by atoms with Crippen LogP contribution in [0.4, 0.5) is 4.39 Å². The van der Waals surface area contributed by atoms with E-state index in [2.05, 4.69) is 19.9 Å². The van der Waals surface area contributed by atoms with Gasteiger partial charge in [-0.05, 0) is 12.1 Å². The van der Waals surface area contributed by atoms with Crippen LogP contribution >= 0.6 is 0 Å². The van der Waals surface area contributed by atoms with Gasteiger partial charge in [-0.15, -0.1) is 0 Å². The van der Waals surface area contributed by atoms with Crippen molar-refractivity contribution < 1.29 is 4.39 Å². The molecule has 0 radical (unpaired) electrons. The summed E-state index contributed by atoms with van der Waals surface area (Å²) in [5.74, 6) is 0.564. The molecule has 5 heteroatoms. The lowest BCUT2D eigenvalue weighted by atomic mass is 10.2. The summed E-state index contributed by atoms with van der Waals surface area (Å²) in [5, 5.41) is 3.26. The summed E-state index contributed by atoms with van der Waals surface area (Å²) in [6.07, 6.45) is 3.36. The predicted octanol–water partition coefficient (Wildman–Crippen LogP) is 1.19. The van der Waals surface area contributed by atoms with Gasteiger partial charge in [0.05, 0.1) is 18.4 Å². The molecule has 0 saturated carbocycles. The first-order valence-electron chi connectivity index (χ1n) is 5.21. The van der Waals surface area contributed by atoms with Gasteiger partial charge in [0.15, 0.2) is 0 Å². The molecule has 1 N–H and O–H groups in total. The summed E-state index contributed by atoms with van der Waals surface area (Å²) in [4.78, 5) is 8.00. The van der Waals surface area contributed by atoms with E-state index in [1.807, 2.05) is 6.20 Å². The molecular formula is C11H11FN4. The van der Waals surface area contributed by atoms with Gasteiger partial charge in [0.1, 0.15) is 5.82 Å². The second-order valence-corrected chi connectivity index (χ2v) is 3.76. The molecule has 16 heavy (non-hydrogen) atoms. The second-order valence-electron chi connectivity index (χ2n) is 3.76. The molecule has 4 nitrogen and oxygen atoms in total. The summed E-state index contributed by atoms with van der Waals surface area (Å²) < 4.78 is 14.9. The predicted molar refractivity (Wildman–Crippen MR) is 57.1 cm³/mol. The number of halogens is 1. The van der Waals surface area contributed by atoms with Crippen LogP contribution in [0.2, 0.25) is 0 Å². The van der Waals surface area contributed by atoms with E-state index in [-0.39, 0.29) is 0 Å². The Hall–Kier alpha value is -1.75. The minimum atomic E-state index is -0.455. The average Bonchev–Trinajstić information content (AvgIpc) is 2.74. The van der Waals surface area contributed by atoms with E-state index in [4.69, 9.17) is 0 Å². The molecule has 3 heterocycles. The normalized spacial score (nSPS) is 14.8. The zero-order valence-corrected chi connectivity index (χ0v) is 8.65. The molecule has 0 fully saturated rings. The van der Waals surface area contributed by atoms with Gasteiger partial charge < -0.3 is 9.88 Å². The summed E-state index contributed by atoms with van der Waals surface area (Å²) >= 11 is 0. The van der Waals surface area contributed by atoms with Crippen molar-refractivity contribution in [3.63, 3.8) is 0 Å². The van der Waals surface area contributed by atoms with Crippen LogP contribution in [0.15, 0.2) is 24.5 Å². The Bertz CT molecular complexity index is 503. The van der Waals surface area contributed by atoms with Gasteiger partial charge in [-0.2, -0.15) is 4.39 Å². The minimum Gasteiger partial charge on any atom is -0.326 e. The molecule has 0 amide bonds. The lowest BCUT2D eigenvalue weighted by molar-refractivity contribution is 0.508. The van der Waals surface area contributed by atoms with Gasteiger partial charge in [0, 0.05) is 24.8 Å². The highest BCUT2D eigenvalue weighted by Crippen LogP contribution is 2.21. The molecule has 0 unspecified atom stereocenters. The first-order chi connectivity index (χ1) is 7.84. The molecule has 0 spiro atoms. The number of rotatable bonds is 1. The summed E-state index contributed by atoms with van der Waals surface area (Å²) in [5.41, 5.74) is 1.91. The lowest BCUT2D eigenvalue weighted by Gasteiger charge is -2.17. The molecule has 0 aromatic carbocycles. The van der Waals surface area contributed by atoms with Crippen LogP contribution in [-0.4, -0.2) is 21.1 Å². The number of aromatic nitrogens is 3. The van der Waals surface area contributed by atoms with Gasteiger partial charge in [-0.1, -0.05) is 0 Å². The number of nitrogens with one attached hydrogen (secondary N) is 1. The van der Waals surface area contributed by atoms with E-state index in [9.17, 15) is 4.39 Å². The molecule has 3 rings (SSSR count). The monoisotopic (exact) mass is 218 g/mol. The van der Waals surface area contributed by atoms with Crippen molar-refractivity contribution in [1.82, 2.24) is 19.9 Å². The first-order valence-corrected chi connectivity index (χ1v) is 5.21. The van der Waals surface area contributed by atoms with Gasteiger partial charge in [-0.25, -0.2) is 9.97 Å². The minimum absolute atomic E-state index is 0.455. The zero-order valence-electron chi connectivity index (χ0n) is 8.65. The summed E-state index contributed by atoms with van der Waals surface area (Å²) in [6.45, 7) is 2.61. The Balaban J connectivity index is 2.06. The molecule has 2 aromatic heterocycles. The summed E-state index contributed by atoms with van der Waals surface area (Å²) in [7, 11) is 0. The Kier molecular flexibility index (Phi) is 2.18. The number of fused-ring (bicyclic) bond motifs is 1. The van der Waals surface area contributed by atoms with E-state index in [1.165, 1.54) is 6.07 Å². The first kappa shape index (κ1) is 9.47. The summed E-state index contributed by atoms with van der Waals surface area (Å²) in [6, 6.07) is 3.10. The van der Waals surface area contributed by atoms with E-state index in [1.54, 1.807) is 12.3 Å². The second kappa shape index (κ2) is 3.68. The topological polar surface area (TPSA) is 42.7 Å². The fourth-order valence-corrected chi connectivity index (χ4v) is 1.95. The number of hydrogen-bond donors (Lipinski definition) is 1. The van der Waals surface area contributed by atoms with Crippen molar-refractivity contribution in [2.45, 2.75) is 13.1 Å². The van der Waals surface area contributed by atoms with Crippen molar-refractivity contribution in [3.05, 3.63) is 36.3 Å². The maximum Gasteiger partial charge on any atom is 0.212 e. The molecule has 1 aliphatic heterocycles. The van der Waals surface area contributed by atoms with Gasteiger partial charge in [0.2, 0.25) is 5.95 Å². The Labute approximate surface area is 92.2 Å². The number of pyridine rings is 1. The standard InChI is InChI=1S/C11H11FN4/c12-10-2-1-8(5-14-10)9-6-15-11-7-13-3-4-16(9)11/h1-2,5-6,13H,3-4,7H2. The third-order valence-corrected chi connectivity index (χ3v) is 2.76. The van der Waals surface area contributed by atoms with Gasteiger partial charge >= 0.3 is 0 Å². The van der Waals surface area contributed by atoms with Crippen LogP contribution < -0.4 is 5.32 Å². The van der Waals surface area contributed by atoms with Crippen molar-refractivity contribution in [2.24, 2.45) is 0 Å². The maximum absolute atomic E-state index is 12.7. The van der Waals surface area contributed by atoms with Crippen molar-refractivity contribution in [3.8, 4) is 11.3 Å². The highest BCUT2D eigenvalue weighted by molar-refractivity contribution is 5.58. The molecule has 0 atom stereocenters. The SMILES string of the molecule is Fc1ccc(-c2cnc3n2CCNC3)cn1. The Morgan fingerprint density at radius 2 is 2.19 bits per heavy atom. The molecule has 1 aliphatic rings. The molecule has 0 bridgehead atoms. The highest BCUT2D eigenvalue weighted by atomic mass is 19.1. The van der Waals surface area contributed by atoms with E-state index < -0.39 is 5.95 Å². The molecule has 82 valence electrons. The van der Waals surface area contributed by atoms with Crippen LogP contribution in [-0.2, 0) is 13.1 Å². The third-order valence-electron chi connectivity index (χ3n) is 2.76. The smallest absolute Gasteiger partial charge is 0.212 e.